The lowest BCUT2D eigenvalue weighted by Crippen LogP contribution is -2.32. The summed E-state index contributed by atoms with van der Waals surface area (Å²) in [4.78, 5) is 8.45. The van der Waals surface area contributed by atoms with Crippen LogP contribution >= 0.6 is 0 Å². The number of aliphatic hydroxyl groups excluding tert-OH is 1. The topological polar surface area (TPSA) is 105 Å². The largest absolute Gasteiger partial charge is 0.457 e. The molecule has 1 aliphatic heterocycles. The van der Waals surface area contributed by atoms with Gasteiger partial charge in [0.15, 0.2) is 0 Å². The highest BCUT2D eigenvalue weighted by Gasteiger charge is 2.26. The molecule has 2 atom stereocenters. The summed E-state index contributed by atoms with van der Waals surface area (Å²) in [6.07, 6.45) is 0.943. The van der Waals surface area contributed by atoms with Crippen LogP contribution in [0.4, 0.5) is 11.6 Å². The summed E-state index contributed by atoms with van der Waals surface area (Å²) < 4.78 is 5.83. The first-order chi connectivity index (χ1) is 14.2. The molecule has 0 radical (unpaired) electrons. The van der Waals surface area contributed by atoms with Gasteiger partial charge in [0.1, 0.15) is 29.5 Å². The van der Waals surface area contributed by atoms with Crippen molar-refractivity contribution in [3.63, 3.8) is 0 Å². The van der Waals surface area contributed by atoms with E-state index < -0.39 is 6.10 Å². The van der Waals surface area contributed by atoms with E-state index in [-0.39, 0.29) is 6.04 Å². The Hall–Kier alpha value is -3.16. The van der Waals surface area contributed by atoms with Crippen molar-refractivity contribution in [3.8, 4) is 22.6 Å². The molecule has 0 bridgehead atoms. The molecule has 152 valence electrons. The number of nitrogens with two attached hydrogens (primary N) is 1. The van der Waals surface area contributed by atoms with Crippen LogP contribution in [0.3, 0.4) is 0 Å². The molecule has 2 aromatic carbocycles. The van der Waals surface area contributed by atoms with Gasteiger partial charge in [0.2, 0.25) is 0 Å². The van der Waals surface area contributed by atoms with Gasteiger partial charge in [-0.3, -0.25) is 0 Å². The van der Waals surface area contributed by atoms with Crippen LogP contribution in [0.1, 0.15) is 13.8 Å². The number of β-amino-alcohol motifs (C(OH)–C–C–N with tert-alkyl or cyclic N) is 1. The van der Waals surface area contributed by atoms with Crippen LogP contribution in [0.5, 0.6) is 11.5 Å². The number of rotatable bonds is 5. The minimum atomic E-state index is -0.476. The van der Waals surface area contributed by atoms with E-state index in [0.717, 1.165) is 17.1 Å². The number of hydrogen-bond acceptors (Lipinski definition) is 7. The van der Waals surface area contributed by atoms with Crippen LogP contribution in [0.25, 0.3) is 11.1 Å². The first-order valence-electron chi connectivity index (χ1n) is 9.80. The molecule has 2 heterocycles. The van der Waals surface area contributed by atoms with Crippen LogP contribution in [0.2, 0.25) is 0 Å². The van der Waals surface area contributed by atoms with Gasteiger partial charge >= 0.3 is 0 Å². The maximum atomic E-state index is 10.0. The molecule has 0 saturated carbocycles. The highest BCUT2D eigenvalue weighted by molar-refractivity contribution is 5.83. The number of ether oxygens (including phenoxy) is 1. The van der Waals surface area contributed by atoms with Gasteiger partial charge < -0.3 is 26.2 Å². The van der Waals surface area contributed by atoms with Crippen molar-refractivity contribution in [2.75, 3.05) is 24.1 Å². The number of hydrogen-bond donors (Lipinski definition) is 4. The van der Waals surface area contributed by atoms with Gasteiger partial charge in [-0.15, -0.1) is 0 Å². The molecular formula is C22H27N5O2. The number of anilines is 2. The summed E-state index contributed by atoms with van der Waals surface area (Å²) in [5, 5.41) is 16.5. The van der Waals surface area contributed by atoms with E-state index in [2.05, 4.69) is 20.6 Å². The van der Waals surface area contributed by atoms with Crippen molar-refractivity contribution in [2.45, 2.75) is 26.0 Å². The highest BCUT2D eigenvalue weighted by Crippen LogP contribution is 2.33. The Labute approximate surface area is 171 Å². The molecule has 0 aliphatic carbocycles. The summed E-state index contributed by atoms with van der Waals surface area (Å²) in [6.45, 7) is 5.22. The molecule has 29 heavy (non-hydrogen) atoms. The standard InChI is InChI=1S/C20H21N5O2.C2H6/c21-19-18(20(24-12-23-19)25-16-10-22-11-17(16)26)13-6-8-15(9-7-13)27-14-4-2-1-3-5-14;1-2/h1-9,12,16-17,22,26H,10-11H2,(H3,21,23,24,25);1-2H3/t16-,17+;/m1./s1. The number of benzene rings is 2. The molecular weight excluding hydrogens is 366 g/mol. The first kappa shape index (κ1) is 20.6. The third-order valence-electron chi connectivity index (χ3n) is 4.50. The molecule has 1 aliphatic rings. The predicted molar refractivity (Wildman–Crippen MR) is 116 cm³/mol. The Morgan fingerprint density at radius 3 is 2.34 bits per heavy atom. The van der Waals surface area contributed by atoms with E-state index in [0.29, 0.717) is 30.3 Å². The summed E-state index contributed by atoms with van der Waals surface area (Å²) in [5.41, 5.74) is 7.71. The Morgan fingerprint density at radius 1 is 1.00 bits per heavy atom. The van der Waals surface area contributed by atoms with Crippen LogP contribution in [0, 0.1) is 0 Å². The van der Waals surface area contributed by atoms with Crippen LogP contribution in [-0.2, 0) is 0 Å². The fourth-order valence-corrected chi connectivity index (χ4v) is 3.10. The zero-order valence-corrected chi connectivity index (χ0v) is 16.7. The fourth-order valence-electron chi connectivity index (χ4n) is 3.10. The van der Waals surface area contributed by atoms with Crippen LogP contribution in [0.15, 0.2) is 60.9 Å². The molecule has 7 heteroatoms. The summed E-state index contributed by atoms with van der Waals surface area (Å²) in [5.74, 6) is 2.49. The van der Waals surface area contributed by atoms with Gasteiger partial charge in [0.25, 0.3) is 0 Å². The Morgan fingerprint density at radius 2 is 1.69 bits per heavy atom. The van der Waals surface area contributed by atoms with Gasteiger partial charge in [-0.25, -0.2) is 9.97 Å². The second-order valence-electron chi connectivity index (χ2n) is 6.40. The third kappa shape index (κ3) is 5.01. The summed E-state index contributed by atoms with van der Waals surface area (Å²) in [7, 11) is 0. The lowest BCUT2D eigenvalue weighted by atomic mass is 10.1. The number of para-hydroxylation sites is 1. The fraction of sp³-hybridized carbons (Fsp3) is 0.273. The van der Waals surface area contributed by atoms with Crippen molar-refractivity contribution in [1.82, 2.24) is 15.3 Å². The lowest BCUT2D eigenvalue weighted by Gasteiger charge is -2.19. The zero-order chi connectivity index (χ0) is 20.6. The average molecular weight is 393 g/mol. The van der Waals surface area contributed by atoms with E-state index in [1.54, 1.807) is 0 Å². The van der Waals surface area contributed by atoms with Gasteiger partial charge in [-0.05, 0) is 29.8 Å². The van der Waals surface area contributed by atoms with Crippen molar-refractivity contribution >= 4 is 11.6 Å². The van der Waals surface area contributed by atoms with Crippen molar-refractivity contribution in [1.29, 1.82) is 0 Å². The predicted octanol–water partition coefficient (Wildman–Crippen LogP) is 3.29. The molecule has 1 aromatic heterocycles. The van der Waals surface area contributed by atoms with Gasteiger partial charge in [0, 0.05) is 13.1 Å². The van der Waals surface area contributed by atoms with E-state index in [1.165, 1.54) is 6.33 Å². The van der Waals surface area contributed by atoms with Crippen LogP contribution < -0.4 is 21.1 Å². The van der Waals surface area contributed by atoms with Gasteiger partial charge in [-0.1, -0.05) is 44.2 Å². The first-order valence-corrected chi connectivity index (χ1v) is 9.80. The minimum absolute atomic E-state index is 0.126. The second kappa shape index (κ2) is 9.86. The number of nitrogens with one attached hydrogen (secondary N) is 2. The number of nitrogens with zero attached hydrogens (tertiary/aromatic N) is 2. The van der Waals surface area contributed by atoms with E-state index >= 15 is 0 Å². The normalized spacial score (nSPS) is 17.9. The van der Waals surface area contributed by atoms with Gasteiger partial charge in [0.05, 0.1) is 17.7 Å². The van der Waals surface area contributed by atoms with Crippen molar-refractivity contribution < 1.29 is 9.84 Å². The molecule has 5 N–H and O–H groups in total. The van der Waals surface area contributed by atoms with E-state index in [4.69, 9.17) is 10.5 Å². The highest BCUT2D eigenvalue weighted by atomic mass is 16.5. The lowest BCUT2D eigenvalue weighted by molar-refractivity contribution is 0.185. The Kier molecular flexibility index (Phi) is 6.99. The summed E-state index contributed by atoms with van der Waals surface area (Å²) in [6, 6.07) is 17.1. The van der Waals surface area contributed by atoms with Crippen LogP contribution in [-0.4, -0.2) is 40.3 Å². The Bertz CT molecular complexity index is 903. The van der Waals surface area contributed by atoms with E-state index in [1.807, 2.05) is 68.4 Å². The zero-order valence-electron chi connectivity index (χ0n) is 16.7. The number of aliphatic hydroxyl groups is 1. The molecule has 7 nitrogen and oxygen atoms in total. The average Bonchev–Trinajstić information content (AvgIpc) is 3.16. The summed E-state index contributed by atoms with van der Waals surface area (Å²) >= 11 is 0. The smallest absolute Gasteiger partial charge is 0.139 e. The monoisotopic (exact) mass is 393 g/mol. The molecule has 0 unspecified atom stereocenters. The van der Waals surface area contributed by atoms with E-state index in [9.17, 15) is 5.11 Å². The molecule has 3 aromatic rings. The van der Waals surface area contributed by atoms with Crippen molar-refractivity contribution in [2.24, 2.45) is 0 Å². The number of nitrogen functional groups attached to an aromatic ring is 1. The third-order valence-corrected chi connectivity index (χ3v) is 4.50. The Balaban J connectivity index is 0.00000117. The molecule has 0 amide bonds. The quantitative estimate of drug-likeness (QED) is 0.527. The molecule has 1 fully saturated rings. The molecule has 1 saturated heterocycles. The maximum Gasteiger partial charge on any atom is 0.139 e. The molecule has 4 rings (SSSR count). The molecule has 0 spiro atoms. The van der Waals surface area contributed by atoms with Crippen molar-refractivity contribution in [3.05, 3.63) is 60.9 Å². The minimum Gasteiger partial charge on any atom is -0.457 e. The van der Waals surface area contributed by atoms with Gasteiger partial charge in [-0.2, -0.15) is 0 Å². The number of aromatic nitrogens is 2. The second-order valence-corrected chi connectivity index (χ2v) is 6.40. The SMILES string of the molecule is CC.Nc1ncnc(N[C@@H]2CNC[C@@H]2O)c1-c1ccc(Oc2ccccc2)cc1. The maximum absolute atomic E-state index is 10.0.